The second-order valence-corrected chi connectivity index (χ2v) is 12.6. The van der Waals surface area contributed by atoms with Gasteiger partial charge in [0.2, 0.25) is 5.91 Å². The summed E-state index contributed by atoms with van der Waals surface area (Å²) in [4.78, 5) is 61.3. The van der Waals surface area contributed by atoms with Crippen molar-refractivity contribution in [2.75, 3.05) is 25.6 Å². The maximum Gasteiger partial charge on any atom is 0.346 e. The van der Waals surface area contributed by atoms with Crippen LogP contribution in [0.15, 0.2) is 70.5 Å². The van der Waals surface area contributed by atoms with Crippen LogP contribution in [0.2, 0.25) is 5.02 Å². The number of nitro benzene ring substituents is 1. The predicted octanol–water partition coefficient (Wildman–Crippen LogP) is 5.66. The summed E-state index contributed by atoms with van der Waals surface area (Å²) >= 11 is 6.69. The molecule has 0 unspecified atom stereocenters. The second-order valence-electron chi connectivity index (χ2n) is 9.67. The first-order valence-corrected chi connectivity index (χ1v) is 16.3. The molecule has 14 nitrogen and oxygen atoms in total. The van der Waals surface area contributed by atoms with Crippen LogP contribution in [0.1, 0.15) is 35.7 Å². The van der Waals surface area contributed by atoms with E-state index in [0.717, 1.165) is 23.5 Å². The number of para-hydroxylation sites is 1. The third-order valence-corrected chi connectivity index (χ3v) is 8.91. The van der Waals surface area contributed by atoms with Crippen LogP contribution in [0.5, 0.6) is 11.5 Å². The second kappa shape index (κ2) is 15.1. The topological polar surface area (TPSA) is 189 Å². The highest BCUT2D eigenvalue weighted by atomic mass is 35.5. The standard InChI is InChI=1S/C30H26ClN3O11S2/c1-3-4-13-44-29(37)20-16-19(10-11-21(20)31)32-27(35)17-33-28(36)25(46-30(33)38)15-18-9-12-23(24(14-18)43-2)45-47(41,42)26-8-6-5-7-22(26)34(39)40/h5-12,14-16H,3-4,13,17H2,1-2H3,(H,32,35)/b25-15-. The molecule has 1 saturated heterocycles. The van der Waals surface area contributed by atoms with E-state index in [4.69, 9.17) is 25.3 Å². The third kappa shape index (κ3) is 8.46. The summed E-state index contributed by atoms with van der Waals surface area (Å²) in [5.41, 5.74) is -0.122. The predicted molar refractivity (Wildman–Crippen MR) is 172 cm³/mol. The van der Waals surface area contributed by atoms with Gasteiger partial charge in [0, 0.05) is 11.8 Å². The molecule has 0 radical (unpaired) electrons. The molecule has 0 spiro atoms. The van der Waals surface area contributed by atoms with Crippen molar-refractivity contribution in [1.82, 2.24) is 4.90 Å². The maximum absolute atomic E-state index is 13.0. The highest BCUT2D eigenvalue weighted by molar-refractivity contribution is 8.18. The molecule has 0 aliphatic carbocycles. The number of benzene rings is 3. The van der Waals surface area contributed by atoms with Crippen molar-refractivity contribution in [3.05, 3.63) is 91.8 Å². The summed E-state index contributed by atoms with van der Waals surface area (Å²) in [5, 5.41) is 13.2. The van der Waals surface area contributed by atoms with E-state index >= 15 is 0 Å². The van der Waals surface area contributed by atoms with Crippen molar-refractivity contribution >= 4 is 74.0 Å². The van der Waals surface area contributed by atoms with E-state index in [-0.39, 0.29) is 39.3 Å². The van der Waals surface area contributed by atoms with E-state index in [1.807, 2.05) is 6.92 Å². The lowest BCUT2D eigenvalue weighted by Gasteiger charge is -2.13. The van der Waals surface area contributed by atoms with Gasteiger partial charge in [0.05, 0.1) is 34.1 Å². The van der Waals surface area contributed by atoms with Crippen LogP contribution in [-0.4, -0.2) is 61.5 Å². The van der Waals surface area contributed by atoms with Crippen LogP contribution in [0.4, 0.5) is 16.2 Å². The molecule has 1 aliphatic rings. The highest BCUT2D eigenvalue weighted by Gasteiger charge is 2.36. The van der Waals surface area contributed by atoms with Gasteiger partial charge in [0.1, 0.15) is 6.54 Å². The molecule has 4 rings (SSSR count). The van der Waals surface area contributed by atoms with Gasteiger partial charge in [-0.25, -0.2) is 4.79 Å². The van der Waals surface area contributed by atoms with Gasteiger partial charge in [-0.1, -0.05) is 43.1 Å². The molecule has 0 atom stereocenters. The average Bonchev–Trinajstić information content (AvgIpc) is 3.29. The van der Waals surface area contributed by atoms with Gasteiger partial charge in [0.25, 0.3) is 16.8 Å². The molecule has 17 heteroatoms. The molecule has 246 valence electrons. The number of imide groups is 1. The molecule has 0 bridgehead atoms. The first kappa shape index (κ1) is 34.9. The number of esters is 1. The number of amides is 3. The van der Waals surface area contributed by atoms with Crippen molar-refractivity contribution in [2.24, 2.45) is 0 Å². The monoisotopic (exact) mass is 703 g/mol. The fourth-order valence-electron chi connectivity index (χ4n) is 4.10. The number of nitrogens with one attached hydrogen (secondary N) is 1. The van der Waals surface area contributed by atoms with Crippen molar-refractivity contribution < 1.29 is 46.2 Å². The minimum Gasteiger partial charge on any atom is -0.493 e. The summed E-state index contributed by atoms with van der Waals surface area (Å²) in [6, 6.07) is 12.8. The zero-order valence-electron chi connectivity index (χ0n) is 24.8. The molecule has 3 aromatic rings. The SMILES string of the molecule is CCCCOC(=O)c1cc(NC(=O)CN2C(=O)S/C(=C\c3ccc(OS(=O)(=O)c4ccccc4[N+](=O)[O-])c(OC)c3)C2=O)ccc1Cl. The minimum atomic E-state index is -4.64. The normalized spacial score (nSPS) is 13.9. The van der Waals surface area contributed by atoms with Gasteiger partial charge in [-0.05, 0) is 66.2 Å². The quantitative estimate of drug-likeness (QED) is 0.0576. The summed E-state index contributed by atoms with van der Waals surface area (Å²) < 4.78 is 41.2. The lowest BCUT2D eigenvalue weighted by molar-refractivity contribution is -0.387. The molecule has 3 amide bonds. The number of nitro groups is 1. The Balaban J connectivity index is 1.46. The number of thioether (sulfide) groups is 1. The van der Waals surface area contributed by atoms with E-state index < -0.39 is 55.2 Å². The van der Waals surface area contributed by atoms with Gasteiger partial charge in [-0.3, -0.25) is 29.4 Å². The lowest BCUT2D eigenvalue weighted by atomic mass is 10.2. The Morgan fingerprint density at radius 1 is 1.09 bits per heavy atom. The Labute approximate surface area is 277 Å². The summed E-state index contributed by atoms with van der Waals surface area (Å²) in [5.74, 6) is -2.51. The number of nitrogens with zero attached hydrogens (tertiary/aromatic N) is 2. The zero-order valence-corrected chi connectivity index (χ0v) is 27.1. The van der Waals surface area contributed by atoms with E-state index in [1.54, 1.807) is 0 Å². The maximum atomic E-state index is 13.0. The van der Waals surface area contributed by atoms with Gasteiger partial charge < -0.3 is 19.0 Å². The van der Waals surface area contributed by atoms with Crippen LogP contribution in [-0.2, 0) is 24.4 Å². The van der Waals surface area contributed by atoms with E-state index in [0.29, 0.717) is 23.7 Å². The van der Waals surface area contributed by atoms with Crippen molar-refractivity contribution in [3.63, 3.8) is 0 Å². The molecule has 1 N–H and O–H groups in total. The van der Waals surface area contributed by atoms with Crippen LogP contribution < -0.4 is 14.2 Å². The smallest absolute Gasteiger partial charge is 0.346 e. The number of anilines is 1. The number of ether oxygens (including phenoxy) is 2. The highest BCUT2D eigenvalue weighted by Crippen LogP contribution is 2.36. The first-order valence-electron chi connectivity index (χ1n) is 13.7. The van der Waals surface area contributed by atoms with Crippen molar-refractivity contribution in [3.8, 4) is 11.5 Å². The molecular weight excluding hydrogens is 678 g/mol. The summed E-state index contributed by atoms with van der Waals surface area (Å²) in [7, 11) is -3.41. The molecule has 0 aromatic heterocycles. The lowest BCUT2D eigenvalue weighted by Crippen LogP contribution is -2.36. The first-order chi connectivity index (χ1) is 22.3. The number of carbonyl (C=O) groups excluding carboxylic acids is 4. The Morgan fingerprint density at radius 2 is 1.83 bits per heavy atom. The van der Waals surface area contributed by atoms with E-state index in [2.05, 4.69) is 5.32 Å². The fourth-order valence-corrected chi connectivity index (χ4v) is 6.24. The largest absolute Gasteiger partial charge is 0.493 e. The van der Waals surface area contributed by atoms with Crippen molar-refractivity contribution in [2.45, 2.75) is 24.7 Å². The minimum absolute atomic E-state index is 0.0327. The Kier molecular flexibility index (Phi) is 11.2. The Hall–Kier alpha value is -4.93. The van der Waals surface area contributed by atoms with Gasteiger partial charge in [-0.2, -0.15) is 8.42 Å². The summed E-state index contributed by atoms with van der Waals surface area (Å²) in [6.07, 6.45) is 2.83. The average molecular weight is 704 g/mol. The van der Waals surface area contributed by atoms with Crippen molar-refractivity contribution in [1.29, 1.82) is 0 Å². The number of hydrogen-bond donors (Lipinski definition) is 1. The van der Waals surface area contributed by atoms with E-state index in [1.165, 1.54) is 61.7 Å². The molecular formula is C30H26ClN3O11S2. The van der Waals surface area contributed by atoms with E-state index in [9.17, 15) is 37.7 Å². The van der Waals surface area contributed by atoms with Crippen LogP contribution in [0, 0.1) is 10.1 Å². The molecule has 1 fully saturated rings. The number of unbranched alkanes of at least 4 members (excludes halogenated alkanes) is 1. The number of halogens is 1. The number of carbonyl (C=O) groups is 4. The molecule has 1 heterocycles. The number of rotatable bonds is 13. The fraction of sp³-hybridized carbons (Fsp3) is 0.200. The van der Waals surface area contributed by atoms with Crippen LogP contribution in [0.3, 0.4) is 0 Å². The Morgan fingerprint density at radius 3 is 2.53 bits per heavy atom. The molecule has 47 heavy (non-hydrogen) atoms. The third-order valence-electron chi connectivity index (χ3n) is 6.39. The number of methoxy groups -OCH3 is 1. The number of hydrogen-bond acceptors (Lipinski definition) is 12. The van der Waals surface area contributed by atoms with Crippen LogP contribution >= 0.6 is 23.4 Å². The molecule has 3 aromatic carbocycles. The summed E-state index contributed by atoms with van der Waals surface area (Å²) in [6.45, 7) is 1.53. The molecule has 1 aliphatic heterocycles. The van der Waals surface area contributed by atoms with Gasteiger partial charge in [0.15, 0.2) is 16.4 Å². The van der Waals surface area contributed by atoms with Crippen LogP contribution in [0.25, 0.3) is 6.08 Å². The molecule has 0 saturated carbocycles. The Bertz CT molecular complexity index is 1900. The zero-order chi connectivity index (χ0) is 34.3. The van der Waals surface area contributed by atoms with Gasteiger partial charge >= 0.3 is 16.1 Å². The van der Waals surface area contributed by atoms with Gasteiger partial charge in [-0.15, -0.1) is 0 Å².